The number of hydrogen-bond acceptors (Lipinski definition) is 9. The van der Waals surface area contributed by atoms with Gasteiger partial charge in [0.1, 0.15) is 17.3 Å². The molecule has 11 nitrogen and oxygen atoms in total. The molecule has 2 aromatic heterocycles. The first kappa shape index (κ1) is 28.5. The second kappa shape index (κ2) is 10.9. The van der Waals surface area contributed by atoms with Crippen molar-refractivity contribution in [2.45, 2.75) is 17.5 Å². The van der Waals surface area contributed by atoms with Gasteiger partial charge in [-0.25, -0.2) is 17.2 Å². The molecule has 17 heteroatoms. The lowest BCUT2D eigenvalue weighted by atomic mass is 10.2. The summed E-state index contributed by atoms with van der Waals surface area (Å²) in [6.07, 6.45) is -7.31. The average molecular weight is 587 g/mol. The molecule has 0 atom stereocenters. The van der Waals surface area contributed by atoms with Crippen LogP contribution in [0.3, 0.4) is 0 Å². The molecule has 4 aromatic rings. The van der Waals surface area contributed by atoms with E-state index in [1.807, 2.05) is 0 Å². The predicted octanol–water partition coefficient (Wildman–Crippen LogP) is 3.84. The van der Waals surface area contributed by atoms with Crippen molar-refractivity contribution in [3.05, 3.63) is 65.9 Å². The Morgan fingerprint density at radius 3 is 2.33 bits per heavy atom. The lowest BCUT2D eigenvalue weighted by molar-refractivity contribution is -0.140. The van der Waals surface area contributed by atoms with E-state index in [9.17, 15) is 35.2 Å². The molecule has 1 amide bonds. The summed E-state index contributed by atoms with van der Waals surface area (Å²) in [6, 6.07) is 8.36. The Morgan fingerprint density at radius 2 is 1.73 bits per heavy atom. The lowest BCUT2D eigenvalue weighted by Crippen LogP contribution is -2.39. The minimum Gasteiger partial charge on any atom is -0.491 e. The minimum atomic E-state index is -5.63. The Morgan fingerprint density at radius 1 is 1.02 bits per heavy atom. The van der Waals surface area contributed by atoms with Gasteiger partial charge in [0, 0.05) is 5.56 Å². The van der Waals surface area contributed by atoms with Gasteiger partial charge in [0.05, 0.1) is 26.0 Å². The van der Waals surface area contributed by atoms with E-state index in [2.05, 4.69) is 15.1 Å². The van der Waals surface area contributed by atoms with Crippen molar-refractivity contribution in [3.8, 4) is 17.5 Å². The number of aromatic nitrogens is 4. The van der Waals surface area contributed by atoms with Gasteiger partial charge in [-0.3, -0.25) is 4.79 Å². The van der Waals surface area contributed by atoms with E-state index in [0.29, 0.717) is 6.07 Å². The SMILES string of the molecule is COc1cnc(OC)n2nc(N(C(=O)c3ccccc3)S(=O)(=O)c3c(OCC(F)F)cccc3C(F)(F)F)nc12. The highest BCUT2D eigenvalue weighted by Crippen LogP contribution is 2.41. The monoisotopic (exact) mass is 587 g/mol. The molecule has 0 saturated heterocycles. The van der Waals surface area contributed by atoms with E-state index < -0.39 is 57.3 Å². The summed E-state index contributed by atoms with van der Waals surface area (Å²) in [7, 11) is -3.20. The first-order chi connectivity index (χ1) is 18.9. The van der Waals surface area contributed by atoms with Crippen LogP contribution in [0.2, 0.25) is 0 Å². The molecule has 0 bridgehead atoms. The zero-order valence-corrected chi connectivity index (χ0v) is 21.3. The van der Waals surface area contributed by atoms with E-state index >= 15 is 0 Å². The summed E-state index contributed by atoms with van der Waals surface area (Å²) >= 11 is 0. The number of fused-ring (bicyclic) bond motifs is 1. The number of amides is 1. The second-order valence-corrected chi connectivity index (χ2v) is 9.46. The van der Waals surface area contributed by atoms with Gasteiger partial charge in [0.15, 0.2) is 5.75 Å². The Labute approximate surface area is 222 Å². The summed E-state index contributed by atoms with van der Waals surface area (Å²) in [5.74, 6) is -3.41. The van der Waals surface area contributed by atoms with Crippen molar-refractivity contribution in [3.63, 3.8) is 0 Å². The van der Waals surface area contributed by atoms with Crippen LogP contribution in [-0.4, -0.2) is 61.2 Å². The normalized spacial score (nSPS) is 12.0. The van der Waals surface area contributed by atoms with Crippen molar-refractivity contribution in [1.82, 2.24) is 19.6 Å². The molecule has 2 heterocycles. The van der Waals surface area contributed by atoms with E-state index in [1.54, 1.807) is 0 Å². The quantitative estimate of drug-likeness (QED) is 0.269. The molecule has 4 rings (SSSR count). The molecule has 0 radical (unpaired) electrons. The van der Waals surface area contributed by atoms with Crippen LogP contribution >= 0.6 is 0 Å². The van der Waals surface area contributed by atoms with Crippen LogP contribution in [0, 0.1) is 0 Å². The van der Waals surface area contributed by atoms with Gasteiger partial charge < -0.3 is 14.2 Å². The molecule has 0 spiro atoms. The van der Waals surface area contributed by atoms with Gasteiger partial charge in [-0.05, 0) is 24.3 Å². The number of nitrogens with zero attached hydrogens (tertiary/aromatic N) is 5. The highest BCUT2D eigenvalue weighted by atomic mass is 32.2. The number of benzene rings is 2. The van der Waals surface area contributed by atoms with Crippen LogP contribution in [0.5, 0.6) is 17.5 Å². The van der Waals surface area contributed by atoms with Crippen molar-refractivity contribution >= 4 is 27.5 Å². The largest absolute Gasteiger partial charge is 0.491 e. The lowest BCUT2D eigenvalue weighted by Gasteiger charge is -2.23. The first-order valence-electron chi connectivity index (χ1n) is 11.0. The van der Waals surface area contributed by atoms with Gasteiger partial charge in [-0.2, -0.15) is 32.0 Å². The summed E-state index contributed by atoms with van der Waals surface area (Å²) in [6.45, 7) is -1.43. The molecule has 40 heavy (non-hydrogen) atoms. The van der Waals surface area contributed by atoms with Crippen molar-refractivity contribution < 1.29 is 49.4 Å². The summed E-state index contributed by atoms with van der Waals surface area (Å²) in [5.41, 5.74) is -2.25. The van der Waals surface area contributed by atoms with E-state index in [4.69, 9.17) is 14.2 Å². The fourth-order valence-electron chi connectivity index (χ4n) is 3.56. The molecule has 0 unspecified atom stereocenters. The molecule has 0 aliphatic rings. The maximum Gasteiger partial charge on any atom is 0.417 e. The molecular formula is C23H18F5N5O6S. The average Bonchev–Trinajstić information content (AvgIpc) is 3.35. The van der Waals surface area contributed by atoms with E-state index in [-0.39, 0.29) is 27.3 Å². The molecule has 0 N–H and O–H groups in total. The van der Waals surface area contributed by atoms with Crippen LogP contribution in [0.1, 0.15) is 15.9 Å². The molecule has 2 aromatic carbocycles. The number of rotatable bonds is 9. The second-order valence-electron chi connectivity index (χ2n) is 7.73. The number of ether oxygens (including phenoxy) is 3. The number of carbonyl (C=O) groups excluding carboxylic acids is 1. The topological polar surface area (TPSA) is 125 Å². The van der Waals surface area contributed by atoms with Gasteiger partial charge in [0.2, 0.25) is 5.65 Å². The number of hydrogen-bond donors (Lipinski definition) is 0. The third-order valence-electron chi connectivity index (χ3n) is 5.23. The van der Waals surface area contributed by atoms with E-state index in [0.717, 1.165) is 22.8 Å². The molecule has 0 fully saturated rings. The fraction of sp³-hybridized carbons (Fsp3) is 0.217. The first-order valence-corrected chi connectivity index (χ1v) is 12.4. The maximum absolute atomic E-state index is 14.1. The number of alkyl halides is 5. The van der Waals surface area contributed by atoms with Crippen molar-refractivity contribution in [1.29, 1.82) is 0 Å². The smallest absolute Gasteiger partial charge is 0.417 e. The summed E-state index contributed by atoms with van der Waals surface area (Å²) in [5, 5.41) is 3.95. The number of anilines is 1. The molecule has 0 aliphatic heterocycles. The standard InChI is InChI=1S/C23H18F5N5O6S/c1-37-16-11-29-22(38-2)32-19(16)30-21(31-32)33(20(34)13-7-4-3-5-8-13)40(35,36)18-14(23(26,27)28)9-6-10-15(18)39-12-17(24)25/h3-11,17H,12H2,1-2H3. The predicted molar refractivity (Wildman–Crippen MR) is 127 cm³/mol. The Hall–Kier alpha value is -4.54. The zero-order chi connectivity index (χ0) is 29.2. The number of sulfonamides is 1. The molecule has 0 aliphatic carbocycles. The minimum absolute atomic E-state index is 0.0549. The van der Waals surface area contributed by atoms with Gasteiger partial charge in [-0.1, -0.05) is 24.3 Å². The highest BCUT2D eigenvalue weighted by Gasteiger charge is 2.45. The van der Waals surface area contributed by atoms with Crippen molar-refractivity contribution in [2.75, 3.05) is 25.1 Å². The van der Waals surface area contributed by atoms with Crippen LogP contribution < -0.4 is 18.5 Å². The summed E-state index contributed by atoms with van der Waals surface area (Å²) in [4.78, 5) is 20.0. The maximum atomic E-state index is 14.1. The van der Waals surface area contributed by atoms with Crippen molar-refractivity contribution in [2.24, 2.45) is 0 Å². The van der Waals surface area contributed by atoms with Gasteiger partial charge in [-0.15, -0.1) is 5.10 Å². The molecular weight excluding hydrogens is 569 g/mol. The highest BCUT2D eigenvalue weighted by molar-refractivity contribution is 7.93. The Balaban J connectivity index is 2.04. The fourth-order valence-corrected chi connectivity index (χ4v) is 5.20. The number of carbonyl (C=O) groups is 1. The van der Waals surface area contributed by atoms with Crippen LogP contribution in [0.15, 0.2) is 59.6 Å². The van der Waals surface area contributed by atoms with Gasteiger partial charge >= 0.3 is 12.2 Å². The van der Waals surface area contributed by atoms with E-state index in [1.165, 1.54) is 44.6 Å². The number of methoxy groups -OCH3 is 2. The number of halogens is 5. The third-order valence-corrected chi connectivity index (χ3v) is 6.97. The van der Waals surface area contributed by atoms with Crippen LogP contribution in [0.25, 0.3) is 5.65 Å². The van der Waals surface area contributed by atoms with Crippen LogP contribution in [0.4, 0.5) is 27.9 Å². The third kappa shape index (κ3) is 5.31. The zero-order valence-electron chi connectivity index (χ0n) is 20.5. The molecule has 0 saturated carbocycles. The summed E-state index contributed by atoms with van der Waals surface area (Å²) < 4.78 is 112. The Kier molecular flexibility index (Phi) is 7.77. The Bertz CT molecular complexity index is 1610. The van der Waals surface area contributed by atoms with Crippen LogP contribution in [-0.2, 0) is 16.2 Å². The van der Waals surface area contributed by atoms with Gasteiger partial charge in [0.25, 0.3) is 28.3 Å². The molecule has 212 valence electrons.